The summed E-state index contributed by atoms with van der Waals surface area (Å²) in [5.41, 5.74) is 4.02. The first-order valence-electron chi connectivity index (χ1n) is 10.1. The Morgan fingerprint density at radius 1 is 1.27 bits per heavy atom. The topological polar surface area (TPSA) is 128 Å². The molecular weight excluding hydrogens is 388 g/mol. The molecule has 4 rings (SSSR count). The van der Waals surface area contributed by atoms with Crippen molar-refractivity contribution in [3.05, 3.63) is 16.7 Å². The minimum absolute atomic E-state index is 0.00580. The largest absolute Gasteiger partial charge is 0.369 e. The number of amides is 1. The van der Waals surface area contributed by atoms with Crippen molar-refractivity contribution in [1.82, 2.24) is 24.4 Å². The number of hydrogen-bond donors (Lipinski definition) is 2. The van der Waals surface area contributed by atoms with E-state index in [2.05, 4.69) is 35.7 Å². The van der Waals surface area contributed by atoms with Gasteiger partial charge in [-0.1, -0.05) is 20.8 Å². The van der Waals surface area contributed by atoms with Crippen LogP contribution in [-0.2, 0) is 14.3 Å². The Morgan fingerprint density at radius 2 is 1.93 bits per heavy atom. The lowest BCUT2D eigenvalue weighted by Crippen LogP contribution is -2.52. The maximum Gasteiger partial charge on any atom is 0.280 e. The summed E-state index contributed by atoms with van der Waals surface area (Å²) in [6, 6.07) is -0.404. The summed E-state index contributed by atoms with van der Waals surface area (Å²) in [4.78, 5) is 38.2. The molecule has 3 N–H and O–H groups in total. The predicted molar refractivity (Wildman–Crippen MR) is 111 cm³/mol. The fourth-order valence-corrected chi connectivity index (χ4v) is 4.68. The van der Waals surface area contributed by atoms with Gasteiger partial charge in [-0.15, -0.1) is 0 Å². The van der Waals surface area contributed by atoms with Crippen LogP contribution < -0.4 is 11.3 Å². The van der Waals surface area contributed by atoms with E-state index in [1.807, 2.05) is 20.8 Å². The third-order valence-corrected chi connectivity index (χ3v) is 5.52. The highest BCUT2D eigenvalue weighted by Gasteiger charge is 2.70. The summed E-state index contributed by atoms with van der Waals surface area (Å²) >= 11 is 0. The molecule has 2 bridgehead atoms. The van der Waals surface area contributed by atoms with E-state index < -0.39 is 35.1 Å². The summed E-state index contributed by atoms with van der Waals surface area (Å²) in [6.07, 6.45) is 0.895. The number of carbonyl (C=O) groups is 1. The Bertz CT molecular complexity index is 1060. The number of hydrogen-bond acceptors (Lipinski definition) is 7. The van der Waals surface area contributed by atoms with Crippen molar-refractivity contribution >= 4 is 23.0 Å². The fraction of sp³-hybridized carbons (Fsp3) is 0.700. The van der Waals surface area contributed by atoms with E-state index in [0.717, 1.165) is 0 Å². The van der Waals surface area contributed by atoms with Gasteiger partial charge in [0.25, 0.3) is 11.5 Å². The SMILES string of the molecule is CN1C(=O)[C@]2(CC(C)(C)C)O[C@@H](n3cnc4c(=O)[nH]c(N)nc43)[C@H]1[C@@H]2OC(C)(C)C. The van der Waals surface area contributed by atoms with E-state index in [9.17, 15) is 9.59 Å². The molecule has 1 amide bonds. The molecule has 0 radical (unpaired) electrons. The first-order valence-corrected chi connectivity index (χ1v) is 10.1. The van der Waals surface area contributed by atoms with Crippen molar-refractivity contribution < 1.29 is 14.3 Å². The van der Waals surface area contributed by atoms with Crippen LogP contribution >= 0.6 is 0 Å². The standard InChI is InChI=1S/C20H30N6O4/c1-18(2,3)8-20-12(29-19(4,5)6)11(25(7)16(20)28)15(30-20)26-9-22-10-13(26)23-17(21)24-14(10)27/h9,11-12,15H,8H2,1-7H3,(H3,21,23,24,27)/t11-,12+,15-,20-/m1/s1. The number of aromatic nitrogens is 4. The second kappa shape index (κ2) is 6.27. The van der Waals surface area contributed by atoms with Crippen LogP contribution in [0.3, 0.4) is 0 Å². The van der Waals surface area contributed by atoms with Crippen LogP contribution in [0.1, 0.15) is 54.2 Å². The number of nitrogens with two attached hydrogens (primary N) is 1. The minimum atomic E-state index is -1.14. The average molecular weight is 418 g/mol. The van der Waals surface area contributed by atoms with E-state index in [-0.39, 0.29) is 22.8 Å². The molecule has 0 aliphatic carbocycles. The zero-order valence-electron chi connectivity index (χ0n) is 18.5. The second-order valence-electron chi connectivity index (χ2n) is 10.5. The van der Waals surface area contributed by atoms with Crippen LogP contribution in [0.15, 0.2) is 11.1 Å². The average Bonchev–Trinajstić information content (AvgIpc) is 3.15. The Kier molecular flexibility index (Phi) is 4.35. The number of likely N-dealkylation sites (N-methyl/N-ethyl adjacent to an activating group) is 1. The molecule has 2 fully saturated rings. The number of rotatable bonds is 3. The summed E-state index contributed by atoms with van der Waals surface area (Å²) in [6.45, 7) is 12.1. The highest BCUT2D eigenvalue weighted by atomic mass is 16.6. The fourth-order valence-electron chi connectivity index (χ4n) is 4.68. The molecule has 10 heteroatoms. The smallest absolute Gasteiger partial charge is 0.280 e. The van der Waals surface area contributed by atoms with Gasteiger partial charge in [0.15, 0.2) is 23.0 Å². The Morgan fingerprint density at radius 3 is 2.53 bits per heavy atom. The monoisotopic (exact) mass is 418 g/mol. The molecule has 2 aliphatic heterocycles. The van der Waals surface area contributed by atoms with Gasteiger partial charge in [-0.3, -0.25) is 19.1 Å². The van der Waals surface area contributed by atoms with Gasteiger partial charge in [0.05, 0.1) is 11.9 Å². The molecule has 164 valence electrons. The molecule has 30 heavy (non-hydrogen) atoms. The number of nitrogen functional groups attached to an aromatic ring is 1. The summed E-state index contributed by atoms with van der Waals surface area (Å²) < 4.78 is 14.6. The van der Waals surface area contributed by atoms with Gasteiger partial charge in [-0.25, -0.2) is 4.98 Å². The van der Waals surface area contributed by atoms with Crippen LogP contribution in [0.4, 0.5) is 5.95 Å². The quantitative estimate of drug-likeness (QED) is 0.771. The number of morpholine rings is 1. The number of carbonyl (C=O) groups excluding carboxylic acids is 1. The normalized spacial score (nSPS) is 29.4. The molecule has 2 aromatic heterocycles. The van der Waals surface area contributed by atoms with Crippen molar-refractivity contribution in [2.45, 2.75) is 77.5 Å². The van der Waals surface area contributed by atoms with E-state index in [1.54, 1.807) is 16.5 Å². The lowest BCUT2D eigenvalue weighted by atomic mass is 9.79. The van der Waals surface area contributed by atoms with Crippen LogP contribution in [0.25, 0.3) is 11.2 Å². The Labute approximate surface area is 174 Å². The zero-order valence-corrected chi connectivity index (χ0v) is 18.5. The van der Waals surface area contributed by atoms with E-state index in [1.165, 1.54) is 6.33 Å². The van der Waals surface area contributed by atoms with Gasteiger partial charge in [-0.05, 0) is 32.6 Å². The first-order chi connectivity index (χ1) is 13.7. The summed E-state index contributed by atoms with van der Waals surface area (Å²) in [5.74, 6) is -0.101. The van der Waals surface area contributed by atoms with E-state index in [0.29, 0.717) is 12.1 Å². The lowest BCUT2D eigenvalue weighted by Gasteiger charge is -2.38. The van der Waals surface area contributed by atoms with Crippen LogP contribution in [0.5, 0.6) is 0 Å². The lowest BCUT2D eigenvalue weighted by molar-refractivity contribution is -0.186. The van der Waals surface area contributed by atoms with Gasteiger partial charge >= 0.3 is 0 Å². The Hall–Kier alpha value is -2.46. The zero-order chi connectivity index (χ0) is 22.2. The predicted octanol–water partition coefficient (Wildman–Crippen LogP) is 1.43. The van der Waals surface area contributed by atoms with Crippen molar-refractivity contribution in [3.63, 3.8) is 0 Å². The third kappa shape index (κ3) is 3.09. The number of anilines is 1. The highest BCUT2D eigenvalue weighted by molar-refractivity contribution is 5.90. The van der Waals surface area contributed by atoms with Crippen molar-refractivity contribution in [3.8, 4) is 0 Å². The Balaban J connectivity index is 1.87. The number of imidazole rings is 1. The number of nitrogens with one attached hydrogen (secondary N) is 1. The van der Waals surface area contributed by atoms with Gasteiger partial charge in [-0.2, -0.15) is 4.98 Å². The molecule has 2 aromatic rings. The molecule has 2 saturated heterocycles. The van der Waals surface area contributed by atoms with Gasteiger partial charge in [0.1, 0.15) is 12.1 Å². The van der Waals surface area contributed by atoms with Crippen molar-refractivity contribution in [2.75, 3.05) is 12.8 Å². The molecule has 4 atom stereocenters. The van der Waals surface area contributed by atoms with Crippen molar-refractivity contribution in [2.24, 2.45) is 5.41 Å². The van der Waals surface area contributed by atoms with Gasteiger partial charge in [0, 0.05) is 7.05 Å². The number of likely N-dealkylation sites (tertiary alicyclic amines) is 1. The maximum atomic E-state index is 13.4. The molecule has 0 spiro atoms. The second-order valence-corrected chi connectivity index (χ2v) is 10.5. The van der Waals surface area contributed by atoms with Crippen molar-refractivity contribution in [1.29, 1.82) is 0 Å². The number of fused-ring (bicyclic) bond motifs is 3. The van der Waals surface area contributed by atoms with Gasteiger partial charge < -0.3 is 20.1 Å². The first kappa shape index (κ1) is 20.8. The molecule has 0 unspecified atom stereocenters. The van der Waals surface area contributed by atoms with Crippen LogP contribution in [-0.4, -0.2) is 60.7 Å². The number of ether oxygens (including phenoxy) is 2. The number of nitrogens with zero attached hydrogens (tertiary/aromatic N) is 4. The molecule has 2 aliphatic rings. The number of H-pyrrole nitrogens is 1. The highest BCUT2D eigenvalue weighted by Crippen LogP contribution is 2.53. The molecule has 4 heterocycles. The van der Waals surface area contributed by atoms with E-state index >= 15 is 0 Å². The minimum Gasteiger partial charge on any atom is -0.369 e. The summed E-state index contributed by atoms with van der Waals surface area (Å²) in [5, 5.41) is 0. The van der Waals surface area contributed by atoms with Crippen LogP contribution in [0, 0.1) is 5.41 Å². The molecule has 10 nitrogen and oxygen atoms in total. The van der Waals surface area contributed by atoms with Crippen LogP contribution in [0.2, 0.25) is 0 Å². The summed E-state index contributed by atoms with van der Waals surface area (Å²) in [7, 11) is 1.76. The maximum absolute atomic E-state index is 13.4. The number of aromatic amines is 1. The molecular formula is C20H30N6O4. The van der Waals surface area contributed by atoms with E-state index in [4.69, 9.17) is 15.2 Å². The molecule has 0 aromatic carbocycles. The third-order valence-electron chi connectivity index (χ3n) is 5.52. The van der Waals surface area contributed by atoms with Gasteiger partial charge in [0.2, 0.25) is 5.95 Å². The molecule has 0 saturated carbocycles.